The molecule has 0 saturated heterocycles. The first kappa shape index (κ1) is 28.6. The number of aromatic nitrogens is 2. The van der Waals surface area contributed by atoms with E-state index in [9.17, 15) is 0 Å². The molecule has 0 fully saturated rings. The molecule has 0 bridgehead atoms. The van der Waals surface area contributed by atoms with Crippen molar-refractivity contribution in [3.8, 4) is 28.4 Å². The SMILES string of the molecule is CCCCN(Cc1ccc(C(C)C)cc1)Cc1c(-c2ccc(OC)cc2)nc(-c2ccccc2)n1CCCC. The maximum absolute atomic E-state index is 5.45. The lowest BCUT2D eigenvalue weighted by Gasteiger charge is -2.24. The molecule has 4 rings (SSSR count). The second kappa shape index (κ2) is 14.1. The summed E-state index contributed by atoms with van der Waals surface area (Å²) in [5.41, 5.74) is 7.43. The number of hydrogen-bond acceptors (Lipinski definition) is 3. The molecule has 3 aromatic carbocycles. The third-order valence-electron chi connectivity index (χ3n) is 7.46. The van der Waals surface area contributed by atoms with E-state index in [2.05, 4.69) is 104 Å². The van der Waals surface area contributed by atoms with E-state index in [1.54, 1.807) is 7.11 Å². The Labute approximate surface area is 235 Å². The van der Waals surface area contributed by atoms with Crippen LogP contribution in [0.3, 0.4) is 0 Å². The van der Waals surface area contributed by atoms with Gasteiger partial charge in [-0.1, -0.05) is 95.1 Å². The van der Waals surface area contributed by atoms with Gasteiger partial charge in [-0.2, -0.15) is 0 Å². The summed E-state index contributed by atoms with van der Waals surface area (Å²) >= 11 is 0. The molecule has 4 heteroatoms. The van der Waals surface area contributed by atoms with Crippen LogP contribution in [0.15, 0.2) is 78.9 Å². The summed E-state index contributed by atoms with van der Waals surface area (Å²) in [6.45, 7) is 12.9. The highest BCUT2D eigenvalue weighted by Crippen LogP contribution is 2.32. The molecule has 4 nitrogen and oxygen atoms in total. The molecule has 0 radical (unpaired) electrons. The monoisotopic (exact) mass is 523 g/mol. The van der Waals surface area contributed by atoms with Gasteiger partial charge in [-0.05, 0) is 60.7 Å². The fourth-order valence-electron chi connectivity index (χ4n) is 5.07. The highest BCUT2D eigenvalue weighted by atomic mass is 16.5. The van der Waals surface area contributed by atoms with Gasteiger partial charge in [0.05, 0.1) is 18.5 Å². The Hall–Kier alpha value is -3.37. The lowest BCUT2D eigenvalue weighted by molar-refractivity contribution is 0.246. The number of hydrogen-bond donors (Lipinski definition) is 0. The number of imidazole rings is 1. The summed E-state index contributed by atoms with van der Waals surface area (Å²) in [6, 6.07) is 28.2. The lowest BCUT2D eigenvalue weighted by atomic mass is 10.0. The molecule has 0 spiro atoms. The molecule has 0 saturated carbocycles. The summed E-state index contributed by atoms with van der Waals surface area (Å²) in [5, 5.41) is 0. The molecule has 0 aliphatic carbocycles. The van der Waals surface area contributed by atoms with Crippen molar-refractivity contribution in [1.29, 1.82) is 0 Å². The molecule has 206 valence electrons. The molecular formula is C35H45N3O. The van der Waals surface area contributed by atoms with Crippen LogP contribution in [-0.2, 0) is 19.6 Å². The van der Waals surface area contributed by atoms with Crippen LogP contribution in [-0.4, -0.2) is 28.1 Å². The number of benzene rings is 3. The third-order valence-corrected chi connectivity index (χ3v) is 7.46. The molecule has 1 heterocycles. The predicted octanol–water partition coefficient (Wildman–Crippen LogP) is 8.95. The quantitative estimate of drug-likeness (QED) is 0.165. The Morgan fingerprint density at radius 1 is 0.795 bits per heavy atom. The van der Waals surface area contributed by atoms with Gasteiger partial charge in [-0.25, -0.2) is 4.98 Å². The Balaban J connectivity index is 1.77. The van der Waals surface area contributed by atoms with E-state index in [4.69, 9.17) is 9.72 Å². The Kier molecular flexibility index (Phi) is 10.4. The highest BCUT2D eigenvalue weighted by Gasteiger charge is 2.22. The smallest absolute Gasteiger partial charge is 0.140 e. The minimum Gasteiger partial charge on any atom is -0.497 e. The molecule has 39 heavy (non-hydrogen) atoms. The first-order valence-electron chi connectivity index (χ1n) is 14.6. The average molecular weight is 524 g/mol. The van der Waals surface area contributed by atoms with Crippen molar-refractivity contribution in [1.82, 2.24) is 14.5 Å². The second-order valence-corrected chi connectivity index (χ2v) is 10.8. The molecule has 4 aromatic rings. The summed E-state index contributed by atoms with van der Waals surface area (Å²) in [5.74, 6) is 2.47. The van der Waals surface area contributed by atoms with Crippen molar-refractivity contribution < 1.29 is 4.74 Å². The maximum atomic E-state index is 5.45. The summed E-state index contributed by atoms with van der Waals surface area (Å²) < 4.78 is 7.94. The van der Waals surface area contributed by atoms with Gasteiger partial charge >= 0.3 is 0 Å². The number of ether oxygens (including phenoxy) is 1. The van der Waals surface area contributed by atoms with Crippen LogP contribution in [0, 0.1) is 0 Å². The van der Waals surface area contributed by atoms with Crippen LogP contribution in [0.5, 0.6) is 5.75 Å². The van der Waals surface area contributed by atoms with Crippen molar-refractivity contribution in [2.45, 2.75) is 78.9 Å². The van der Waals surface area contributed by atoms with Gasteiger partial charge in [0.1, 0.15) is 11.6 Å². The van der Waals surface area contributed by atoms with Gasteiger partial charge < -0.3 is 9.30 Å². The van der Waals surface area contributed by atoms with Crippen LogP contribution in [0.1, 0.15) is 76.1 Å². The molecule has 0 amide bonds. The van der Waals surface area contributed by atoms with Gasteiger partial charge in [0.15, 0.2) is 0 Å². The fraction of sp³-hybridized carbons (Fsp3) is 0.400. The molecule has 0 atom stereocenters. The lowest BCUT2D eigenvalue weighted by Crippen LogP contribution is -2.26. The van der Waals surface area contributed by atoms with Gasteiger partial charge in [-0.15, -0.1) is 0 Å². The molecule has 0 aliphatic rings. The fourth-order valence-corrected chi connectivity index (χ4v) is 5.07. The van der Waals surface area contributed by atoms with E-state index in [1.165, 1.54) is 35.2 Å². The molecule has 0 aliphatic heterocycles. The molecule has 0 N–H and O–H groups in total. The van der Waals surface area contributed by atoms with Gasteiger partial charge in [0.25, 0.3) is 0 Å². The van der Waals surface area contributed by atoms with E-state index in [-0.39, 0.29) is 0 Å². The van der Waals surface area contributed by atoms with Crippen LogP contribution in [0.25, 0.3) is 22.6 Å². The number of rotatable bonds is 14. The first-order chi connectivity index (χ1) is 19.0. The van der Waals surface area contributed by atoms with Crippen molar-refractivity contribution in [2.24, 2.45) is 0 Å². The highest BCUT2D eigenvalue weighted by molar-refractivity contribution is 5.69. The molecular weight excluding hydrogens is 478 g/mol. The van der Waals surface area contributed by atoms with E-state index < -0.39 is 0 Å². The maximum Gasteiger partial charge on any atom is 0.140 e. The van der Waals surface area contributed by atoms with Gasteiger partial charge in [0.2, 0.25) is 0 Å². The van der Waals surface area contributed by atoms with Crippen LogP contribution < -0.4 is 4.74 Å². The number of methoxy groups -OCH3 is 1. The minimum absolute atomic E-state index is 0.548. The van der Waals surface area contributed by atoms with Gasteiger partial charge in [-0.3, -0.25) is 4.90 Å². The van der Waals surface area contributed by atoms with E-state index in [0.717, 1.165) is 61.9 Å². The van der Waals surface area contributed by atoms with Crippen LogP contribution in [0.2, 0.25) is 0 Å². The zero-order valence-electron chi connectivity index (χ0n) is 24.5. The first-order valence-corrected chi connectivity index (χ1v) is 14.6. The summed E-state index contributed by atoms with van der Waals surface area (Å²) in [4.78, 5) is 7.93. The normalized spacial score (nSPS) is 11.5. The Bertz CT molecular complexity index is 1270. The van der Waals surface area contributed by atoms with Crippen molar-refractivity contribution in [3.63, 3.8) is 0 Å². The largest absolute Gasteiger partial charge is 0.497 e. The van der Waals surface area contributed by atoms with Gasteiger partial charge in [0, 0.05) is 30.8 Å². The van der Waals surface area contributed by atoms with Crippen molar-refractivity contribution >= 4 is 0 Å². The van der Waals surface area contributed by atoms with Crippen molar-refractivity contribution in [3.05, 3.63) is 95.7 Å². The number of unbranched alkanes of at least 4 members (excludes halogenated alkanes) is 2. The van der Waals surface area contributed by atoms with Crippen molar-refractivity contribution in [2.75, 3.05) is 13.7 Å². The second-order valence-electron chi connectivity index (χ2n) is 10.8. The van der Waals surface area contributed by atoms with Crippen LogP contribution in [0.4, 0.5) is 0 Å². The van der Waals surface area contributed by atoms with Crippen LogP contribution >= 0.6 is 0 Å². The predicted molar refractivity (Wildman–Crippen MR) is 164 cm³/mol. The standard InChI is InChI=1S/C35H45N3O/c1-6-8-23-37(25-28-15-17-29(18-16-28)27(3)4)26-33-34(30-19-21-32(39-5)22-20-30)36-35(38(33)24-9-7-2)31-13-11-10-12-14-31/h10-22,27H,6-9,23-26H2,1-5H3. The Morgan fingerprint density at radius 2 is 1.49 bits per heavy atom. The summed E-state index contributed by atoms with van der Waals surface area (Å²) in [6.07, 6.45) is 4.62. The van der Waals surface area contributed by atoms with E-state index in [0.29, 0.717) is 5.92 Å². The van der Waals surface area contributed by atoms with E-state index in [1.807, 2.05) is 12.1 Å². The zero-order chi connectivity index (χ0) is 27.6. The summed E-state index contributed by atoms with van der Waals surface area (Å²) in [7, 11) is 1.72. The third kappa shape index (κ3) is 7.39. The zero-order valence-corrected chi connectivity index (χ0v) is 24.5. The van der Waals surface area contributed by atoms with E-state index >= 15 is 0 Å². The Morgan fingerprint density at radius 3 is 2.10 bits per heavy atom. The average Bonchev–Trinajstić information content (AvgIpc) is 3.33. The molecule has 0 unspecified atom stereocenters. The topological polar surface area (TPSA) is 30.3 Å². The molecule has 1 aromatic heterocycles. The minimum atomic E-state index is 0.548. The number of nitrogens with zero attached hydrogens (tertiary/aromatic N) is 3.